The number of nitrogens with one attached hydrogen (secondary N) is 1. The van der Waals surface area contributed by atoms with Gasteiger partial charge < -0.3 is 10.2 Å². The van der Waals surface area contributed by atoms with Crippen molar-refractivity contribution in [3.05, 3.63) is 59.7 Å². The number of hydrogen-bond donors (Lipinski definition) is 1. The number of likely N-dealkylation sites (tertiary alicyclic amines) is 1. The first kappa shape index (κ1) is 19.3. The molecule has 0 radical (unpaired) electrons. The Kier molecular flexibility index (Phi) is 5.43. The quantitative estimate of drug-likeness (QED) is 0.698. The van der Waals surface area contributed by atoms with Crippen LogP contribution in [0, 0.1) is 0 Å². The molecule has 3 aromatic rings. The molecule has 0 bridgehead atoms. The van der Waals surface area contributed by atoms with E-state index in [2.05, 4.69) is 52.3 Å². The molecule has 1 unspecified atom stereocenters. The number of carbonyl (C=O) groups is 1. The molecule has 0 saturated carbocycles. The molecule has 4 rings (SSSR count). The van der Waals surface area contributed by atoms with Gasteiger partial charge in [0.1, 0.15) is 12.1 Å². The fourth-order valence-corrected chi connectivity index (χ4v) is 3.94. The van der Waals surface area contributed by atoms with E-state index in [1.165, 1.54) is 16.5 Å². The van der Waals surface area contributed by atoms with Crippen molar-refractivity contribution in [2.24, 2.45) is 0 Å². The monoisotopic (exact) mass is 389 g/mol. The van der Waals surface area contributed by atoms with Gasteiger partial charge in [-0.2, -0.15) is 0 Å². The topological polar surface area (TPSA) is 71.0 Å². The van der Waals surface area contributed by atoms with Crippen LogP contribution in [-0.2, 0) is 17.6 Å². The molecule has 0 spiro atoms. The number of fused-ring (bicyclic) bond motifs is 1. The molecule has 1 aliphatic rings. The number of anilines is 1. The van der Waals surface area contributed by atoms with E-state index in [1.54, 1.807) is 13.3 Å². The summed E-state index contributed by atoms with van der Waals surface area (Å²) in [4.78, 5) is 26.6. The number of aromatic nitrogens is 3. The third-order valence-corrected chi connectivity index (χ3v) is 5.64. The van der Waals surface area contributed by atoms with Crippen molar-refractivity contribution >= 4 is 22.6 Å². The minimum atomic E-state index is 0.122. The molecular formula is C23H27N5O. The van der Waals surface area contributed by atoms with E-state index in [1.807, 2.05) is 23.2 Å². The number of pyridine rings is 1. The van der Waals surface area contributed by atoms with Gasteiger partial charge in [-0.05, 0) is 36.1 Å². The van der Waals surface area contributed by atoms with Gasteiger partial charge in [-0.1, -0.05) is 26.0 Å². The van der Waals surface area contributed by atoms with Crippen LogP contribution < -0.4 is 5.32 Å². The first-order chi connectivity index (χ1) is 14.0. The Morgan fingerprint density at radius 1 is 1.24 bits per heavy atom. The van der Waals surface area contributed by atoms with Crippen LogP contribution in [0.15, 0.2) is 42.9 Å². The highest BCUT2D eigenvalue weighted by molar-refractivity contribution is 5.82. The number of rotatable bonds is 6. The molecule has 1 aromatic carbocycles. The maximum absolute atomic E-state index is 11.3. The molecule has 150 valence electrons. The van der Waals surface area contributed by atoms with Crippen LogP contribution in [0.2, 0.25) is 0 Å². The van der Waals surface area contributed by atoms with Crippen LogP contribution in [0.4, 0.5) is 5.82 Å². The molecule has 1 saturated heterocycles. The van der Waals surface area contributed by atoms with Crippen LogP contribution in [0.3, 0.4) is 0 Å². The summed E-state index contributed by atoms with van der Waals surface area (Å²) in [5.74, 6) is 1.22. The fourth-order valence-electron chi connectivity index (χ4n) is 3.94. The Bertz CT molecular complexity index is 1030. The van der Waals surface area contributed by atoms with Gasteiger partial charge >= 0.3 is 0 Å². The second-order valence-corrected chi connectivity index (χ2v) is 7.88. The Balaban J connectivity index is 1.47. The summed E-state index contributed by atoms with van der Waals surface area (Å²) in [6.07, 6.45) is 5.36. The Labute approximate surface area is 171 Å². The van der Waals surface area contributed by atoms with Gasteiger partial charge in [0.2, 0.25) is 5.91 Å². The van der Waals surface area contributed by atoms with E-state index in [9.17, 15) is 4.79 Å². The molecule has 2 aromatic heterocycles. The molecule has 1 fully saturated rings. The van der Waals surface area contributed by atoms with Gasteiger partial charge in [0, 0.05) is 49.3 Å². The van der Waals surface area contributed by atoms with Crippen molar-refractivity contribution in [1.29, 1.82) is 0 Å². The number of aryl methyl sites for hydroxylation is 1. The van der Waals surface area contributed by atoms with Crippen LogP contribution >= 0.6 is 0 Å². The van der Waals surface area contributed by atoms with Crippen LogP contribution in [0.1, 0.15) is 43.5 Å². The third kappa shape index (κ3) is 4.21. The van der Waals surface area contributed by atoms with Gasteiger partial charge in [0.05, 0.1) is 11.6 Å². The lowest BCUT2D eigenvalue weighted by Crippen LogP contribution is -2.56. The summed E-state index contributed by atoms with van der Waals surface area (Å²) in [6, 6.07) is 10.9. The van der Waals surface area contributed by atoms with E-state index < -0.39 is 0 Å². The number of carbonyl (C=O) groups excluding carboxylic acids is 1. The first-order valence-electron chi connectivity index (χ1n) is 10.2. The van der Waals surface area contributed by atoms with Crippen LogP contribution in [-0.4, -0.2) is 44.9 Å². The average molecular weight is 390 g/mol. The highest BCUT2D eigenvalue weighted by atomic mass is 16.2. The van der Waals surface area contributed by atoms with E-state index in [4.69, 9.17) is 0 Å². The maximum Gasteiger partial charge on any atom is 0.219 e. The zero-order valence-electron chi connectivity index (χ0n) is 17.2. The largest absolute Gasteiger partial charge is 0.364 e. The van der Waals surface area contributed by atoms with Crippen LogP contribution in [0.25, 0.3) is 10.9 Å². The van der Waals surface area contributed by atoms with Gasteiger partial charge in [-0.15, -0.1) is 0 Å². The predicted octanol–water partition coefficient (Wildman–Crippen LogP) is 3.58. The van der Waals surface area contributed by atoms with E-state index in [0.717, 1.165) is 43.0 Å². The number of amides is 1. The molecule has 3 heterocycles. The Hall–Kier alpha value is -3.02. The van der Waals surface area contributed by atoms with Gasteiger partial charge in [0.15, 0.2) is 0 Å². The molecule has 1 amide bonds. The van der Waals surface area contributed by atoms with E-state index in [-0.39, 0.29) is 17.9 Å². The zero-order valence-corrected chi connectivity index (χ0v) is 17.2. The summed E-state index contributed by atoms with van der Waals surface area (Å²) in [5, 5.41) is 4.61. The van der Waals surface area contributed by atoms with Crippen molar-refractivity contribution in [3.63, 3.8) is 0 Å². The summed E-state index contributed by atoms with van der Waals surface area (Å²) in [7, 11) is 0. The molecule has 1 atom stereocenters. The van der Waals surface area contributed by atoms with Crippen LogP contribution in [0.5, 0.6) is 0 Å². The summed E-state index contributed by atoms with van der Waals surface area (Å²) in [6.45, 7) is 7.44. The van der Waals surface area contributed by atoms with Crippen molar-refractivity contribution in [1.82, 2.24) is 19.9 Å². The van der Waals surface area contributed by atoms with Crippen molar-refractivity contribution in [3.8, 4) is 0 Å². The van der Waals surface area contributed by atoms with Crippen molar-refractivity contribution in [2.45, 2.75) is 45.6 Å². The fraction of sp³-hybridized carbons (Fsp3) is 0.391. The van der Waals surface area contributed by atoms with Gasteiger partial charge in [-0.25, -0.2) is 9.97 Å². The lowest BCUT2D eigenvalue weighted by atomic mass is 9.94. The smallest absolute Gasteiger partial charge is 0.219 e. The lowest BCUT2D eigenvalue weighted by molar-refractivity contribution is -0.132. The highest BCUT2D eigenvalue weighted by Crippen LogP contribution is 2.25. The molecule has 6 heteroatoms. The molecule has 6 nitrogen and oxygen atoms in total. The Morgan fingerprint density at radius 2 is 2.07 bits per heavy atom. The SMILES string of the molecule is CCc1cc(CC(C)c2cc(NC3CN(C(C)=O)C3)ncn2)cc2cccnc12. The predicted molar refractivity (Wildman–Crippen MR) is 115 cm³/mol. The van der Waals surface area contributed by atoms with E-state index >= 15 is 0 Å². The molecule has 1 N–H and O–H groups in total. The molecule has 29 heavy (non-hydrogen) atoms. The minimum absolute atomic E-state index is 0.122. The summed E-state index contributed by atoms with van der Waals surface area (Å²) in [5.41, 5.74) is 4.71. The first-order valence-corrected chi connectivity index (χ1v) is 10.2. The summed E-state index contributed by atoms with van der Waals surface area (Å²) < 4.78 is 0. The molecule has 1 aliphatic heterocycles. The zero-order chi connectivity index (χ0) is 20.4. The minimum Gasteiger partial charge on any atom is -0.364 e. The van der Waals surface area contributed by atoms with Gasteiger partial charge in [-0.3, -0.25) is 9.78 Å². The normalized spacial score (nSPS) is 15.2. The average Bonchev–Trinajstić information content (AvgIpc) is 2.69. The Morgan fingerprint density at radius 3 is 2.83 bits per heavy atom. The number of nitrogens with zero attached hydrogens (tertiary/aromatic N) is 4. The molecule has 0 aliphatic carbocycles. The standard InChI is InChI=1S/C23H27N5O/c1-4-18-9-17(10-19-6-5-7-24-23(18)19)8-15(2)21-11-22(26-14-25-21)27-20-12-28(13-20)16(3)29/h5-7,9-11,14-15,20H,4,8,12-13H2,1-3H3,(H,25,26,27). The number of benzene rings is 1. The second kappa shape index (κ2) is 8.15. The summed E-state index contributed by atoms with van der Waals surface area (Å²) >= 11 is 0. The van der Waals surface area contributed by atoms with Crippen molar-refractivity contribution in [2.75, 3.05) is 18.4 Å². The van der Waals surface area contributed by atoms with E-state index in [0.29, 0.717) is 0 Å². The second-order valence-electron chi connectivity index (χ2n) is 7.88. The van der Waals surface area contributed by atoms with Gasteiger partial charge in [0.25, 0.3) is 0 Å². The lowest BCUT2D eigenvalue weighted by Gasteiger charge is -2.39. The number of hydrogen-bond acceptors (Lipinski definition) is 5. The van der Waals surface area contributed by atoms with Crippen molar-refractivity contribution < 1.29 is 4.79 Å². The maximum atomic E-state index is 11.3. The third-order valence-electron chi connectivity index (χ3n) is 5.64. The molecular weight excluding hydrogens is 362 g/mol. The highest BCUT2D eigenvalue weighted by Gasteiger charge is 2.28.